The van der Waals surface area contributed by atoms with Gasteiger partial charge >= 0.3 is 17.9 Å². The van der Waals surface area contributed by atoms with Gasteiger partial charge in [0.1, 0.15) is 12.7 Å². The lowest BCUT2D eigenvalue weighted by molar-refractivity contribution is -0.152. The van der Waals surface area contributed by atoms with Crippen LogP contribution in [0.3, 0.4) is 0 Å². The van der Waals surface area contributed by atoms with Crippen molar-refractivity contribution in [3.8, 4) is 0 Å². The molecule has 422 valence electrons. The molecule has 80 heavy (non-hydrogen) atoms. The second kappa shape index (κ2) is 28.7. The molecule has 3 aliphatic carbocycles. The van der Waals surface area contributed by atoms with E-state index in [4.69, 9.17) is 14.9 Å². The van der Waals surface area contributed by atoms with Crippen LogP contribution in [-0.2, 0) is 55.9 Å². The maximum Gasteiger partial charge on any atom is 0.314 e. The second-order valence-corrected chi connectivity index (χ2v) is 22.2. The summed E-state index contributed by atoms with van der Waals surface area (Å²) in [5.74, 6) is -4.55. The van der Waals surface area contributed by atoms with Crippen molar-refractivity contribution < 1.29 is 58.4 Å². The fourth-order valence-electron chi connectivity index (χ4n) is 12.3. The van der Waals surface area contributed by atoms with E-state index in [0.29, 0.717) is 70.0 Å². The van der Waals surface area contributed by atoms with Crippen LogP contribution in [-0.4, -0.2) is 110 Å². The van der Waals surface area contributed by atoms with Gasteiger partial charge in [0.05, 0.1) is 23.9 Å². The van der Waals surface area contributed by atoms with Crippen molar-refractivity contribution in [1.29, 1.82) is 0 Å². The number of amides is 2. The predicted molar refractivity (Wildman–Crippen MR) is 303 cm³/mol. The number of Topliss-reactive ketones (excluding diaryl/α,β-unsaturated/α-hetero) is 3. The minimum Gasteiger partial charge on any atom is -0.481 e. The Balaban J connectivity index is 0.000000213. The molecular formula is C66H76N2O12. The summed E-state index contributed by atoms with van der Waals surface area (Å²) in [6.45, 7) is 0.377. The number of hydrogen-bond donors (Lipinski definition) is 3. The van der Waals surface area contributed by atoms with Crippen LogP contribution in [0.25, 0.3) is 11.1 Å². The Morgan fingerprint density at radius 2 is 0.938 bits per heavy atom. The number of rotatable bonds is 26. The maximum absolute atomic E-state index is 14.2. The largest absolute Gasteiger partial charge is 0.481 e. The van der Waals surface area contributed by atoms with E-state index in [9.17, 15) is 43.5 Å². The monoisotopic (exact) mass is 1090 g/mol. The fraction of sp³-hybridized carbons (Fsp3) is 0.455. The summed E-state index contributed by atoms with van der Waals surface area (Å²) in [4.78, 5) is 106. The molecule has 0 radical (unpaired) electrons. The molecule has 4 aromatic carbocycles. The molecule has 9 rings (SSSR count). The van der Waals surface area contributed by atoms with Crippen LogP contribution in [0.15, 0.2) is 120 Å². The number of aliphatic carboxylic acids is 2. The van der Waals surface area contributed by atoms with Crippen molar-refractivity contribution in [3.63, 3.8) is 0 Å². The van der Waals surface area contributed by atoms with Crippen LogP contribution in [0.1, 0.15) is 174 Å². The summed E-state index contributed by atoms with van der Waals surface area (Å²) in [5, 5.41) is 27.6. The van der Waals surface area contributed by atoms with E-state index in [0.717, 1.165) is 92.1 Å². The van der Waals surface area contributed by atoms with Gasteiger partial charge in [0.25, 0.3) is 0 Å². The molecule has 14 heteroatoms. The zero-order valence-corrected chi connectivity index (χ0v) is 45.9. The Hall–Kier alpha value is -7.32. The maximum atomic E-state index is 14.2. The highest BCUT2D eigenvalue weighted by molar-refractivity contribution is 5.98. The Morgan fingerprint density at radius 3 is 1.40 bits per heavy atom. The third kappa shape index (κ3) is 15.3. The molecule has 1 fully saturated rings. The van der Waals surface area contributed by atoms with Crippen LogP contribution in [0.2, 0.25) is 0 Å². The number of hydrogen-bond acceptors (Lipinski definition) is 10. The summed E-state index contributed by atoms with van der Waals surface area (Å²) in [7, 11) is 0. The Morgan fingerprint density at radius 1 is 0.512 bits per heavy atom. The van der Waals surface area contributed by atoms with E-state index < -0.39 is 42.5 Å². The number of carbonyl (C=O) groups is 8. The zero-order chi connectivity index (χ0) is 56.5. The van der Waals surface area contributed by atoms with Crippen molar-refractivity contribution in [2.24, 2.45) is 0 Å². The molecule has 0 saturated heterocycles. The Labute approximate surface area is 469 Å². The number of carbonyl (C=O) groups excluding carboxylic acids is 6. The van der Waals surface area contributed by atoms with Crippen LogP contribution in [0.5, 0.6) is 0 Å². The first-order chi connectivity index (χ1) is 38.8. The van der Waals surface area contributed by atoms with E-state index >= 15 is 0 Å². The number of carboxylic acids is 2. The van der Waals surface area contributed by atoms with Crippen molar-refractivity contribution in [1.82, 2.24) is 9.80 Å². The van der Waals surface area contributed by atoms with Gasteiger partial charge in [-0.3, -0.25) is 38.4 Å². The molecule has 5 aliphatic rings. The molecule has 0 aromatic heterocycles. The fourth-order valence-corrected chi connectivity index (χ4v) is 12.3. The lowest BCUT2D eigenvalue weighted by atomic mass is 9.85. The van der Waals surface area contributed by atoms with Gasteiger partial charge in [0, 0.05) is 64.5 Å². The van der Waals surface area contributed by atoms with Crippen molar-refractivity contribution in [2.45, 2.75) is 171 Å². The molecular weight excluding hydrogens is 1010 g/mol. The summed E-state index contributed by atoms with van der Waals surface area (Å²) >= 11 is 0. The topological polar surface area (TPSA) is 213 Å². The normalized spacial score (nSPS) is 18.0. The van der Waals surface area contributed by atoms with Gasteiger partial charge in [-0.25, -0.2) is 0 Å². The van der Waals surface area contributed by atoms with E-state index in [1.165, 1.54) is 22.3 Å². The Bertz CT molecular complexity index is 2940. The number of ether oxygens (including phenoxy) is 1. The highest BCUT2D eigenvalue weighted by Crippen LogP contribution is 2.43. The highest BCUT2D eigenvalue weighted by atomic mass is 16.5. The van der Waals surface area contributed by atoms with Gasteiger partial charge in [0.2, 0.25) is 11.8 Å². The summed E-state index contributed by atoms with van der Waals surface area (Å²) < 4.78 is 5.90. The molecule has 0 unspecified atom stereocenters. The standard InChI is InChI=1S/C36H43NO6.C30H33NO6/c38-24-28(39)15-6-1-2-7-19-35(41)37-23-27-20-26-14-8-11-18-30(26)31(27)21-33(37)34(40)22-32(25-12-4-3-5-13-25)36(42)43-29-16-9-10-17-29;32-27(18-25(30(36)37)20-10-4-3-5-11-20)26-17-24-22(16-21-12-8-9-13-23(21)24)19-31(26)28(33)14-6-1-2-7-15-29(34)35/h3-5,8,11-14,18,29,32-33,38H,1-2,6-7,9-10,15-17,19-24H2;3-5,8-13,25-26H,1-2,6-7,14-19H2,(H,34,35)(H,36,37)/t32-,33+;25-,26+/m00/s1. The molecule has 2 amide bonds. The first-order valence-electron chi connectivity index (χ1n) is 28.9. The van der Waals surface area contributed by atoms with Gasteiger partial charge in [-0.2, -0.15) is 0 Å². The first kappa shape index (κ1) is 58.8. The van der Waals surface area contributed by atoms with Gasteiger partial charge < -0.3 is 29.9 Å². The minimum absolute atomic E-state index is 0.00679. The van der Waals surface area contributed by atoms with Crippen molar-refractivity contribution >= 4 is 58.2 Å². The first-order valence-corrected chi connectivity index (χ1v) is 28.9. The quantitative estimate of drug-likeness (QED) is 0.0396. The molecule has 0 bridgehead atoms. The number of aliphatic hydroxyl groups is 1. The molecule has 2 heterocycles. The lowest BCUT2D eigenvalue weighted by Gasteiger charge is -2.37. The van der Waals surface area contributed by atoms with Crippen LogP contribution >= 0.6 is 0 Å². The minimum atomic E-state index is -1.05. The highest BCUT2D eigenvalue weighted by Gasteiger charge is 2.42. The summed E-state index contributed by atoms with van der Waals surface area (Å²) in [6, 6.07) is 33.2. The second-order valence-electron chi connectivity index (χ2n) is 22.2. The number of fused-ring (bicyclic) bond motifs is 4. The Kier molecular flexibility index (Phi) is 21.1. The number of nitrogens with zero attached hydrogens (tertiary/aromatic N) is 2. The number of ketones is 3. The van der Waals surface area contributed by atoms with Crippen molar-refractivity contribution in [2.75, 3.05) is 19.7 Å². The van der Waals surface area contributed by atoms with E-state index in [1.807, 2.05) is 54.6 Å². The van der Waals surface area contributed by atoms with Crippen molar-refractivity contribution in [3.05, 3.63) is 154 Å². The van der Waals surface area contributed by atoms with Crippen LogP contribution in [0, 0.1) is 0 Å². The molecule has 2 aliphatic heterocycles. The predicted octanol–water partition coefficient (Wildman–Crippen LogP) is 10.6. The average Bonchev–Trinajstić information content (AvgIpc) is 4.23. The molecule has 0 spiro atoms. The number of unbranched alkanes of at least 4 members (excludes halogenated alkanes) is 6. The SMILES string of the molecule is O=C(CO)CCCCCCC(=O)N1CC2=C(C[C@@H]1C(=O)C[C@H](C(=O)OC1CCCC1)c1ccccc1)c1ccccc1C2.O=C(O)CCCCCCC(=O)N1CC2=C(C[C@@H]1C(=O)C[C@H](C(=O)O)c1ccccc1)c1ccccc1C2. The number of aliphatic hydroxyl groups excluding tert-OH is 1. The van der Waals surface area contributed by atoms with Crippen LogP contribution in [0.4, 0.5) is 0 Å². The lowest BCUT2D eigenvalue weighted by Crippen LogP contribution is -2.49. The van der Waals surface area contributed by atoms with E-state index in [-0.39, 0.29) is 66.9 Å². The smallest absolute Gasteiger partial charge is 0.314 e. The van der Waals surface area contributed by atoms with Gasteiger partial charge in [0.15, 0.2) is 17.3 Å². The van der Waals surface area contributed by atoms with E-state index in [1.54, 1.807) is 40.1 Å². The number of esters is 1. The van der Waals surface area contributed by atoms with Gasteiger partial charge in [-0.15, -0.1) is 0 Å². The third-order valence-corrected chi connectivity index (χ3v) is 16.7. The molecule has 4 aromatic rings. The van der Waals surface area contributed by atoms with Crippen LogP contribution < -0.4 is 0 Å². The zero-order valence-electron chi connectivity index (χ0n) is 45.9. The van der Waals surface area contributed by atoms with E-state index in [2.05, 4.69) is 24.3 Å². The van der Waals surface area contributed by atoms with Gasteiger partial charge in [-0.05, 0) is 120 Å². The molecule has 14 nitrogen and oxygen atoms in total. The summed E-state index contributed by atoms with van der Waals surface area (Å²) in [5.41, 5.74) is 10.7. The molecule has 4 atom stereocenters. The number of benzene rings is 4. The number of carboxylic acid groups (broad SMARTS) is 2. The average molecular weight is 1090 g/mol. The summed E-state index contributed by atoms with van der Waals surface area (Å²) in [6.07, 6.45) is 12.7. The van der Waals surface area contributed by atoms with Gasteiger partial charge in [-0.1, -0.05) is 135 Å². The molecule has 1 saturated carbocycles. The third-order valence-electron chi connectivity index (χ3n) is 16.7. The molecule has 3 N–H and O–H groups in total.